The quantitative estimate of drug-likeness (QED) is 0.876. The predicted molar refractivity (Wildman–Crippen MR) is 71.1 cm³/mol. The van der Waals surface area contributed by atoms with E-state index in [0.29, 0.717) is 5.92 Å². The number of rotatable bonds is 2. The fraction of sp³-hybridized carbons (Fsp3) is 0.333. The summed E-state index contributed by atoms with van der Waals surface area (Å²) in [4.78, 5) is 8.70. The predicted octanol–water partition coefficient (Wildman–Crippen LogP) is 2.60. The summed E-state index contributed by atoms with van der Waals surface area (Å²) in [5, 5.41) is 0. The zero-order valence-electron chi connectivity index (χ0n) is 10.3. The lowest BCUT2D eigenvalue weighted by molar-refractivity contribution is 0.462. The van der Waals surface area contributed by atoms with Gasteiger partial charge in [-0.15, -0.1) is 0 Å². The topological polar surface area (TPSA) is 51.8 Å². The van der Waals surface area contributed by atoms with E-state index in [1.165, 1.54) is 17.7 Å². The zero-order valence-corrected chi connectivity index (χ0v) is 10.3. The Morgan fingerprint density at radius 1 is 1.22 bits per heavy atom. The van der Waals surface area contributed by atoms with Gasteiger partial charge in [-0.2, -0.15) is 0 Å². The molecule has 3 nitrogen and oxygen atoms in total. The third-order valence-electron chi connectivity index (χ3n) is 3.74. The number of pyridine rings is 2. The molecular weight excluding hydrogens is 222 g/mol. The summed E-state index contributed by atoms with van der Waals surface area (Å²) in [6.07, 6.45) is 8.94. The van der Waals surface area contributed by atoms with Gasteiger partial charge in [0, 0.05) is 36.2 Å². The second-order valence-electron chi connectivity index (χ2n) is 4.86. The molecule has 1 aliphatic rings. The number of nitrogens with two attached hydrogens (primary N) is 1. The molecule has 0 spiro atoms. The van der Waals surface area contributed by atoms with E-state index in [-0.39, 0.29) is 6.04 Å². The Hall–Kier alpha value is -1.74. The van der Waals surface area contributed by atoms with Crippen LogP contribution in [0, 0.1) is 0 Å². The average Bonchev–Trinajstić information content (AvgIpc) is 2.47. The molecule has 2 atom stereocenters. The van der Waals surface area contributed by atoms with Gasteiger partial charge in [0.25, 0.3) is 0 Å². The fourth-order valence-electron chi connectivity index (χ4n) is 2.80. The molecule has 2 aromatic rings. The van der Waals surface area contributed by atoms with Crippen molar-refractivity contribution in [3.05, 3.63) is 59.7 Å². The fourth-order valence-corrected chi connectivity index (χ4v) is 2.80. The third-order valence-corrected chi connectivity index (χ3v) is 3.74. The van der Waals surface area contributed by atoms with Crippen LogP contribution < -0.4 is 5.73 Å². The molecule has 2 N–H and O–H groups in total. The van der Waals surface area contributed by atoms with Gasteiger partial charge in [0.05, 0.1) is 0 Å². The van der Waals surface area contributed by atoms with Gasteiger partial charge >= 0.3 is 0 Å². The molecule has 3 heteroatoms. The molecule has 18 heavy (non-hydrogen) atoms. The van der Waals surface area contributed by atoms with Crippen molar-refractivity contribution in [1.29, 1.82) is 0 Å². The van der Waals surface area contributed by atoms with E-state index >= 15 is 0 Å². The number of hydrogen-bond acceptors (Lipinski definition) is 3. The summed E-state index contributed by atoms with van der Waals surface area (Å²) >= 11 is 0. The normalized spacial score (nSPS) is 20.2. The van der Waals surface area contributed by atoms with Crippen LogP contribution in [0.1, 0.15) is 41.6 Å². The maximum Gasteiger partial charge on any atom is 0.0485 e. The molecule has 0 aromatic carbocycles. The molecule has 0 saturated carbocycles. The Bertz CT molecular complexity index is 524. The number of nitrogens with zero attached hydrogens (tertiary/aromatic N) is 2. The molecule has 0 amide bonds. The van der Waals surface area contributed by atoms with Crippen LogP contribution in [-0.4, -0.2) is 9.97 Å². The van der Waals surface area contributed by atoms with Crippen molar-refractivity contribution >= 4 is 0 Å². The molecule has 0 radical (unpaired) electrons. The van der Waals surface area contributed by atoms with Gasteiger partial charge in [-0.25, -0.2) is 0 Å². The number of aryl methyl sites for hydroxylation is 1. The first kappa shape index (κ1) is 11.4. The summed E-state index contributed by atoms with van der Waals surface area (Å²) in [6.45, 7) is 0. The summed E-state index contributed by atoms with van der Waals surface area (Å²) in [5.74, 6) is 0.319. The lowest BCUT2D eigenvalue weighted by Crippen LogP contribution is -2.24. The van der Waals surface area contributed by atoms with Crippen molar-refractivity contribution in [2.45, 2.75) is 31.2 Å². The molecular formula is C15H17N3. The highest BCUT2D eigenvalue weighted by Crippen LogP contribution is 2.37. The Balaban J connectivity index is 1.94. The van der Waals surface area contributed by atoms with E-state index in [1.807, 2.05) is 24.5 Å². The zero-order chi connectivity index (χ0) is 12.4. The van der Waals surface area contributed by atoms with Gasteiger partial charge in [0.2, 0.25) is 0 Å². The maximum absolute atomic E-state index is 6.40. The molecule has 2 aromatic heterocycles. The Labute approximate surface area is 107 Å². The number of aromatic nitrogens is 2. The van der Waals surface area contributed by atoms with Crippen LogP contribution in [0.15, 0.2) is 42.9 Å². The summed E-state index contributed by atoms with van der Waals surface area (Å²) in [6, 6.07) is 8.17. The molecule has 2 heterocycles. The van der Waals surface area contributed by atoms with Crippen LogP contribution in [-0.2, 0) is 6.42 Å². The van der Waals surface area contributed by atoms with Gasteiger partial charge < -0.3 is 5.73 Å². The minimum atomic E-state index is -0.00681. The highest BCUT2D eigenvalue weighted by molar-refractivity contribution is 5.30. The summed E-state index contributed by atoms with van der Waals surface area (Å²) in [5.41, 5.74) is 10.0. The molecule has 2 unspecified atom stereocenters. The molecule has 0 fully saturated rings. The van der Waals surface area contributed by atoms with E-state index in [1.54, 1.807) is 6.20 Å². The van der Waals surface area contributed by atoms with Crippen LogP contribution in [0.3, 0.4) is 0 Å². The molecule has 0 saturated heterocycles. The number of fused-ring (bicyclic) bond motifs is 1. The second-order valence-corrected chi connectivity index (χ2v) is 4.86. The van der Waals surface area contributed by atoms with Crippen molar-refractivity contribution in [3.8, 4) is 0 Å². The molecule has 3 rings (SSSR count). The first-order chi connectivity index (χ1) is 8.86. The maximum atomic E-state index is 6.40. The minimum absolute atomic E-state index is 0.00681. The van der Waals surface area contributed by atoms with E-state index in [9.17, 15) is 0 Å². The van der Waals surface area contributed by atoms with Crippen molar-refractivity contribution in [1.82, 2.24) is 9.97 Å². The highest BCUT2D eigenvalue weighted by Gasteiger charge is 2.27. The molecule has 0 bridgehead atoms. The largest absolute Gasteiger partial charge is 0.323 e. The van der Waals surface area contributed by atoms with Gasteiger partial charge in [0.15, 0.2) is 0 Å². The van der Waals surface area contributed by atoms with Crippen molar-refractivity contribution < 1.29 is 0 Å². The van der Waals surface area contributed by atoms with Crippen LogP contribution in [0.5, 0.6) is 0 Å². The molecule has 1 aliphatic carbocycles. The van der Waals surface area contributed by atoms with E-state index < -0.39 is 0 Å². The van der Waals surface area contributed by atoms with E-state index in [4.69, 9.17) is 5.73 Å². The van der Waals surface area contributed by atoms with Gasteiger partial charge in [0.1, 0.15) is 0 Å². The lowest BCUT2D eigenvalue weighted by Gasteiger charge is -2.29. The summed E-state index contributed by atoms with van der Waals surface area (Å²) in [7, 11) is 0. The average molecular weight is 239 g/mol. The molecule has 0 aliphatic heterocycles. The van der Waals surface area contributed by atoms with Crippen molar-refractivity contribution in [3.63, 3.8) is 0 Å². The smallest absolute Gasteiger partial charge is 0.0485 e. The van der Waals surface area contributed by atoms with Gasteiger partial charge in [-0.05, 0) is 42.5 Å². The standard InChI is InChI=1S/C15H17N3/c16-14(12-6-2-8-17-10-12)13-7-1-4-11-5-3-9-18-15(11)13/h2-3,5-6,8-10,13-14H,1,4,7,16H2. The van der Waals surface area contributed by atoms with Crippen LogP contribution in [0.25, 0.3) is 0 Å². The van der Waals surface area contributed by atoms with Crippen LogP contribution in [0.2, 0.25) is 0 Å². The van der Waals surface area contributed by atoms with Crippen molar-refractivity contribution in [2.24, 2.45) is 5.73 Å². The van der Waals surface area contributed by atoms with Gasteiger partial charge in [-0.3, -0.25) is 9.97 Å². The first-order valence-corrected chi connectivity index (χ1v) is 6.45. The number of hydrogen-bond donors (Lipinski definition) is 1. The van der Waals surface area contributed by atoms with Crippen LogP contribution in [0.4, 0.5) is 0 Å². The minimum Gasteiger partial charge on any atom is -0.323 e. The van der Waals surface area contributed by atoms with Gasteiger partial charge in [-0.1, -0.05) is 12.1 Å². The van der Waals surface area contributed by atoms with E-state index in [0.717, 1.165) is 18.4 Å². The third kappa shape index (κ3) is 2.02. The SMILES string of the molecule is NC(c1cccnc1)C1CCCc2cccnc21. The second kappa shape index (κ2) is 4.86. The Morgan fingerprint density at radius 3 is 2.94 bits per heavy atom. The molecule has 92 valence electrons. The van der Waals surface area contributed by atoms with Crippen molar-refractivity contribution in [2.75, 3.05) is 0 Å². The summed E-state index contributed by atoms with van der Waals surface area (Å²) < 4.78 is 0. The Morgan fingerprint density at radius 2 is 2.11 bits per heavy atom. The monoisotopic (exact) mass is 239 g/mol. The van der Waals surface area contributed by atoms with Crippen LogP contribution >= 0.6 is 0 Å². The Kier molecular flexibility index (Phi) is 3.07. The lowest BCUT2D eigenvalue weighted by atomic mass is 9.80. The van der Waals surface area contributed by atoms with E-state index in [2.05, 4.69) is 22.1 Å². The first-order valence-electron chi connectivity index (χ1n) is 6.45. The highest BCUT2D eigenvalue weighted by atomic mass is 14.8.